The maximum atomic E-state index is 13.9. The Hall–Kier alpha value is -3.33. The molecule has 0 bridgehead atoms. The van der Waals surface area contributed by atoms with Gasteiger partial charge in [0.15, 0.2) is 11.6 Å². The van der Waals surface area contributed by atoms with Crippen LogP contribution in [-0.4, -0.2) is 33.4 Å². The van der Waals surface area contributed by atoms with Gasteiger partial charge in [-0.05, 0) is 38.1 Å². The Morgan fingerprint density at radius 2 is 1.94 bits per heavy atom. The van der Waals surface area contributed by atoms with E-state index < -0.39 is 23.0 Å². The number of halogens is 3. The lowest BCUT2D eigenvalue weighted by Crippen LogP contribution is -2.50. The molecular weight excluding hydrogens is 407 g/mol. The third-order valence-corrected chi connectivity index (χ3v) is 5.27. The van der Waals surface area contributed by atoms with E-state index in [1.807, 2.05) is 18.4 Å². The monoisotopic (exact) mass is 429 g/mol. The van der Waals surface area contributed by atoms with Crippen molar-refractivity contribution < 1.29 is 18.0 Å². The molecule has 0 fully saturated rings. The molecule has 9 heteroatoms. The van der Waals surface area contributed by atoms with Crippen molar-refractivity contribution in [3.8, 4) is 11.3 Å². The summed E-state index contributed by atoms with van der Waals surface area (Å²) in [5.74, 6) is -1.51. The molecule has 1 amide bonds. The Bertz CT molecular complexity index is 1160. The number of anilines is 2. The van der Waals surface area contributed by atoms with Gasteiger partial charge in [0.25, 0.3) is 0 Å². The first-order valence-electron chi connectivity index (χ1n) is 9.77. The number of fused-ring (bicyclic) bond motifs is 1. The highest BCUT2D eigenvalue weighted by atomic mass is 19.2. The second kappa shape index (κ2) is 7.73. The third-order valence-electron chi connectivity index (χ3n) is 5.27. The molecule has 0 saturated carbocycles. The highest BCUT2D eigenvalue weighted by Crippen LogP contribution is 2.39. The van der Waals surface area contributed by atoms with Crippen molar-refractivity contribution in [3.63, 3.8) is 0 Å². The van der Waals surface area contributed by atoms with E-state index >= 15 is 0 Å². The van der Waals surface area contributed by atoms with Crippen molar-refractivity contribution in [1.29, 1.82) is 0 Å². The fourth-order valence-electron chi connectivity index (χ4n) is 3.96. The van der Waals surface area contributed by atoms with Crippen molar-refractivity contribution in [2.75, 3.05) is 18.4 Å². The number of aromatic nitrogens is 2. The summed E-state index contributed by atoms with van der Waals surface area (Å²) in [5, 5.41) is 3.12. The van der Waals surface area contributed by atoms with Crippen molar-refractivity contribution in [3.05, 3.63) is 65.7 Å². The van der Waals surface area contributed by atoms with Gasteiger partial charge in [-0.1, -0.05) is 12.1 Å². The van der Waals surface area contributed by atoms with Crippen LogP contribution in [0.25, 0.3) is 11.3 Å². The molecule has 0 radical (unpaired) electrons. The van der Waals surface area contributed by atoms with E-state index in [1.165, 1.54) is 18.2 Å². The molecule has 0 aliphatic carbocycles. The van der Waals surface area contributed by atoms with E-state index in [0.29, 0.717) is 35.1 Å². The van der Waals surface area contributed by atoms with Crippen molar-refractivity contribution in [1.82, 2.24) is 14.5 Å². The molecule has 1 aliphatic heterocycles. The Balaban J connectivity index is 1.88. The van der Waals surface area contributed by atoms with Gasteiger partial charge in [-0.2, -0.15) is 0 Å². The minimum absolute atomic E-state index is 0.118. The zero-order valence-electron chi connectivity index (χ0n) is 17.1. The summed E-state index contributed by atoms with van der Waals surface area (Å²) in [5.41, 5.74) is 6.21. The van der Waals surface area contributed by atoms with E-state index in [-0.39, 0.29) is 19.0 Å². The third kappa shape index (κ3) is 3.88. The summed E-state index contributed by atoms with van der Waals surface area (Å²) in [7, 11) is 0. The zero-order valence-corrected chi connectivity index (χ0v) is 17.1. The van der Waals surface area contributed by atoms with Crippen LogP contribution >= 0.6 is 0 Å². The molecule has 0 spiro atoms. The average Bonchev–Trinajstić information content (AvgIpc) is 3.09. The summed E-state index contributed by atoms with van der Waals surface area (Å²) in [6, 6.07) is 9.44. The Labute approximate surface area is 177 Å². The van der Waals surface area contributed by atoms with Crippen LogP contribution in [0.1, 0.15) is 19.7 Å². The van der Waals surface area contributed by atoms with Crippen LogP contribution < -0.4 is 11.1 Å². The van der Waals surface area contributed by atoms with E-state index in [4.69, 9.17) is 10.7 Å². The molecule has 3 aromatic rings. The van der Waals surface area contributed by atoms with Gasteiger partial charge < -0.3 is 20.5 Å². The van der Waals surface area contributed by atoms with Crippen LogP contribution in [-0.2, 0) is 16.9 Å². The zero-order chi connectivity index (χ0) is 22.3. The maximum absolute atomic E-state index is 13.9. The predicted octanol–water partition coefficient (Wildman–Crippen LogP) is 3.75. The minimum Gasteiger partial charge on any atom is -0.340 e. The number of nitrogens with one attached hydrogen (secondary N) is 1. The molecule has 2 heterocycles. The first-order valence-corrected chi connectivity index (χ1v) is 9.77. The lowest BCUT2D eigenvalue weighted by Gasteiger charge is -2.40. The molecule has 6 nitrogen and oxygen atoms in total. The quantitative estimate of drug-likeness (QED) is 0.663. The molecule has 3 N–H and O–H groups in total. The van der Waals surface area contributed by atoms with Crippen molar-refractivity contribution in [2.24, 2.45) is 5.73 Å². The Morgan fingerprint density at radius 3 is 2.61 bits per heavy atom. The summed E-state index contributed by atoms with van der Waals surface area (Å²) in [4.78, 5) is 18.6. The molecule has 1 aromatic heterocycles. The smallest absolute Gasteiger partial charge is 0.236 e. The number of hydrogen-bond acceptors (Lipinski definition) is 4. The largest absolute Gasteiger partial charge is 0.340 e. The molecule has 4 rings (SSSR count). The predicted molar refractivity (Wildman–Crippen MR) is 111 cm³/mol. The minimum atomic E-state index is -0.991. The van der Waals surface area contributed by atoms with Crippen LogP contribution in [0.2, 0.25) is 0 Å². The van der Waals surface area contributed by atoms with Gasteiger partial charge in [0.2, 0.25) is 5.91 Å². The Morgan fingerprint density at radius 1 is 1.16 bits per heavy atom. The fourth-order valence-corrected chi connectivity index (χ4v) is 3.96. The van der Waals surface area contributed by atoms with E-state index in [2.05, 4.69) is 5.32 Å². The number of imidazole rings is 1. The van der Waals surface area contributed by atoms with E-state index in [9.17, 15) is 18.0 Å². The topological polar surface area (TPSA) is 76.2 Å². The van der Waals surface area contributed by atoms with Gasteiger partial charge in [0, 0.05) is 23.9 Å². The van der Waals surface area contributed by atoms with Crippen LogP contribution in [0.4, 0.5) is 24.7 Å². The van der Waals surface area contributed by atoms with Gasteiger partial charge in [0.1, 0.15) is 23.2 Å². The van der Waals surface area contributed by atoms with Crippen molar-refractivity contribution >= 4 is 17.4 Å². The molecule has 31 heavy (non-hydrogen) atoms. The second-order valence-corrected chi connectivity index (χ2v) is 8.09. The standard InChI is InChI=1S/C22H22F3N5O/c1-22(2)12-29(19(31)10-26)11-18-28-20(13-4-3-5-14(23)8-13)21(30(18)22)27-15-6-7-16(24)17(25)9-15/h3-9,27H,10-12,26H2,1-2H3. The van der Waals surface area contributed by atoms with Crippen LogP contribution in [0.3, 0.4) is 0 Å². The lowest BCUT2D eigenvalue weighted by molar-refractivity contribution is -0.132. The number of nitrogens with zero attached hydrogens (tertiary/aromatic N) is 3. The number of nitrogens with two attached hydrogens (primary N) is 1. The number of carbonyl (C=O) groups excluding carboxylic acids is 1. The number of amides is 1. The SMILES string of the molecule is CC1(C)CN(C(=O)CN)Cc2nc(-c3cccc(F)c3)c(Nc3ccc(F)c(F)c3)n21. The van der Waals surface area contributed by atoms with Gasteiger partial charge >= 0.3 is 0 Å². The van der Waals surface area contributed by atoms with Gasteiger partial charge in [-0.15, -0.1) is 0 Å². The first kappa shape index (κ1) is 20.9. The number of rotatable bonds is 4. The average molecular weight is 429 g/mol. The second-order valence-electron chi connectivity index (χ2n) is 8.09. The van der Waals surface area contributed by atoms with Gasteiger partial charge in [0.05, 0.1) is 18.6 Å². The van der Waals surface area contributed by atoms with Crippen LogP contribution in [0.15, 0.2) is 42.5 Å². The van der Waals surface area contributed by atoms with Crippen LogP contribution in [0.5, 0.6) is 0 Å². The molecule has 0 saturated heterocycles. The van der Waals surface area contributed by atoms with Crippen molar-refractivity contribution in [2.45, 2.75) is 25.9 Å². The molecular formula is C22H22F3N5O. The normalized spacial score (nSPS) is 15.0. The first-order chi connectivity index (χ1) is 14.7. The maximum Gasteiger partial charge on any atom is 0.236 e. The summed E-state index contributed by atoms with van der Waals surface area (Å²) >= 11 is 0. The summed E-state index contributed by atoms with van der Waals surface area (Å²) < 4.78 is 43.1. The van der Waals surface area contributed by atoms with Gasteiger partial charge in [-0.3, -0.25) is 4.79 Å². The number of hydrogen-bond donors (Lipinski definition) is 2. The lowest BCUT2D eigenvalue weighted by atomic mass is 10.0. The van der Waals surface area contributed by atoms with E-state index in [1.54, 1.807) is 17.0 Å². The number of carbonyl (C=O) groups is 1. The van der Waals surface area contributed by atoms with Crippen LogP contribution in [0, 0.1) is 17.5 Å². The van der Waals surface area contributed by atoms with Gasteiger partial charge in [-0.25, -0.2) is 18.2 Å². The molecule has 162 valence electrons. The summed E-state index contributed by atoms with van der Waals surface area (Å²) in [6.07, 6.45) is 0. The highest BCUT2D eigenvalue weighted by Gasteiger charge is 2.37. The highest BCUT2D eigenvalue weighted by molar-refractivity contribution is 5.80. The summed E-state index contributed by atoms with van der Waals surface area (Å²) in [6.45, 7) is 4.34. The van der Waals surface area contributed by atoms with E-state index in [0.717, 1.165) is 12.1 Å². The molecule has 0 unspecified atom stereocenters. The molecule has 2 aromatic carbocycles. The Kier molecular flexibility index (Phi) is 5.22. The molecule has 0 atom stereocenters. The molecule has 1 aliphatic rings. The fraction of sp³-hybridized carbons (Fsp3) is 0.273. The number of benzene rings is 2.